The second kappa shape index (κ2) is 9.64. The molecule has 5 heteroatoms. The smallest absolute Gasteiger partial charge is 0.258 e. The maximum Gasteiger partial charge on any atom is 0.258 e. The van der Waals surface area contributed by atoms with E-state index in [9.17, 15) is 4.79 Å². The lowest BCUT2D eigenvalue weighted by Gasteiger charge is -2.07. The summed E-state index contributed by atoms with van der Waals surface area (Å²) in [5.41, 5.74) is 0.995. The van der Waals surface area contributed by atoms with Crippen LogP contribution >= 0.6 is 15.9 Å². The van der Waals surface area contributed by atoms with Crippen LogP contribution in [-0.2, 0) is 4.79 Å². The number of benzene rings is 2. The average molecular weight is 388 g/mol. The molecule has 0 aliphatic heterocycles. The highest BCUT2D eigenvalue weighted by Crippen LogP contribution is 2.17. The first-order valence-electron chi connectivity index (χ1n) is 7.44. The highest BCUT2D eigenvalue weighted by Gasteiger charge is 2.02. The number of aryl methyl sites for hydroxylation is 1. The molecule has 0 atom stereocenters. The van der Waals surface area contributed by atoms with E-state index >= 15 is 0 Å². The summed E-state index contributed by atoms with van der Waals surface area (Å²) in [6.07, 6.45) is 0. The molecule has 1 amide bonds. The van der Waals surface area contributed by atoms with Gasteiger partial charge in [0.05, 0.1) is 6.54 Å². The van der Waals surface area contributed by atoms with Gasteiger partial charge in [0.25, 0.3) is 5.91 Å². The van der Waals surface area contributed by atoms with Crippen molar-refractivity contribution in [1.29, 1.82) is 0 Å². The van der Waals surface area contributed by atoms with Gasteiger partial charge in [0.15, 0.2) is 6.61 Å². The third-order valence-corrected chi connectivity index (χ3v) is 3.55. The molecule has 0 aromatic heterocycles. The number of para-hydroxylation sites is 1. The summed E-state index contributed by atoms with van der Waals surface area (Å²) >= 11 is 3.37. The summed E-state index contributed by atoms with van der Waals surface area (Å²) in [7, 11) is 0. The number of carbonyl (C=O) groups excluding carboxylic acids is 1. The third kappa shape index (κ3) is 6.35. The van der Waals surface area contributed by atoms with E-state index < -0.39 is 0 Å². The van der Waals surface area contributed by atoms with Crippen LogP contribution < -0.4 is 14.8 Å². The SMILES string of the molecule is Cc1ccccc1OCC(=O)NCC#CCOc1cccc(Br)c1. The maximum atomic E-state index is 11.7. The van der Waals surface area contributed by atoms with E-state index in [0.29, 0.717) is 5.75 Å². The lowest BCUT2D eigenvalue weighted by molar-refractivity contribution is -0.122. The predicted octanol–water partition coefficient (Wildman–Crippen LogP) is 3.33. The number of hydrogen-bond donors (Lipinski definition) is 1. The Bertz CT molecular complexity index is 750. The topological polar surface area (TPSA) is 47.6 Å². The van der Waals surface area contributed by atoms with E-state index in [0.717, 1.165) is 15.8 Å². The zero-order valence-electron chi connectivity index (χ0n) is 13.3. The summed E-state index contributed by atoms with van der Waals surface area (Å²) in [5.74, 6) is 6.93. The van der Waals surface area contributed by atoms with Crippen LogP contribution in [0.15, 0.2) is 53.0 Å². The number of amides is 1. The van der Waals surface area contributed by atoms with Crippen LogP contribution in [0.1, 0.15) is 5.56 Å². The first-order valence-corrected chi connectivity index (χ1v) is 8.23. The van der Waals surface area contributed by atoms with Crippen LogP contribution in [-0.4, -0.2) is 25.7 Å². The van der Waals surface area contributed by atoms with Gasteiger partial charge in [-0.15, -0.1) is 0 Å². The quantitative estimate of drug-likeness (QED) is 0.773. The Labute approximate surface area is 150 Å². The van der Waals surface area contributed by atoms with Crippen LogP contribution in [0.4, 0.5) is 0 Å². The molecule has 0 unspecified atom stereocenters. The molecule has 24 heavy (non-hydrogen) atoms. The molecule has 4 nitrogen and oxygen atoms in total. The van der Waals surface area contributed by atoms with Crippen LogP contribution in [0.2, 0.25) is 0 Å². The number of rotatable bonds is 6. The molecule has 1 N–H and O–H groups in total. The molecule has 0 radical (unpaired) electrons. The van der Waals surface area contributed by atoms with Gasteiger partial charge in [-0.1, -0.05) is 52.0 Å². The van der Waals surface area contributed by atoms with Gasteiger partial charge in [-0.25, -0.2) is 0 Å². The summed E-state index contributed by atoms with van der Waals surface area (Å²) in [6, 6.07) is 15.1. The standard InChI is InChI=1S/C19H18BrNO3/c1-15-7-2-3-10-18(15)24-14-19(22)21-11-4-5-12-23-17-9-6-8-16(20)13-17/h2-3,6-10,13H,11-12,14H2,1H3,(H,21,22). The molecule has 0 aliphatic rings. The van der Waals surface area contributed by atoms with Crippen molar-refractivity contribution in [1.82, 2.24) is 5.32 Å². The minimum atomic E-state index is -0.208. The maximum absolute atomic E-state index is 11.7. The lowest BCUT2D eigenvalue weighted by Crippen LogP contribution is -2.29. The van der Waals surface area contributed by atoms with Crippen LogP contribution in [0, 0.1) is 18.8 Å². The molecule has 0 aliphatic carbocycles. The van der Waals surface area contributed by atoms with Crippen LogP contribution in [0.3, 0.4) is 0 Å². The number of ether oxygens (including phenoxy) is 2. The minimum Gasteiger partial charge on any atom is -0.484 e. The normalized spacial score (nSPS) is 9.58. The Hall–Kier alpha value is -2.45. The Kier molecular flexibility index (Phi) is 7.19. The molecule has 0 bridgehead atoms. The predicted molar refractivity (Wildman–Crippen MR) is 97.1 cm³/mol. The molecule has 124 valence electrons. The van der Waals surface area contributed by atoms with Gasteiger partial charge in [-0.2, -0.15) is 0 Å². The Morgan fingerprint density at radius 2 is 1.96 bits per heavy atom. The summed E-state index contributed by atoms with van der Waals surface area (Å²) in [5, 5.41) is 2.68. The number of nitrogens with one attached hydrogen (secondary N) is 1. The van der Waals surface area contributed by atoms with Crippen molar-refractivity contribution in [3.8, 4) is 23.3 Å². The second-order valence-electron chi connectivity index (χ2n) is 4.93. The van der Waals surface area contributed by atoms with Crippen molar-refractivity contribution in [2.24, 2.45) is 0 Å². The zero-order chi connectivity index (χ0) is 17.2. The minimum absolute atomic E-state index is 0.0267. The average Bonchev–Trinajstić information content (AvgIpc) is 2.57. The Morgan fingerprint density at radius 1 is 1.12 bits per heavy atom. The van der Waals surface area contributed by atoms with Gasteiger partial charge in [0.2, 0.25) is 0 Å². The summed E-state index contributed by atoms with van der Waals surface area (Å²) in [6.45, 7) is 2.44. The first-order chi connectivity index (χ1) is 11.6. The van der Waals surface area contributed by atoms with E-state index in [1.54, 1.807) is 0 Å². The molecule has 2 rings (SSSR count). The molecule has 2 aromatic rings. The van der Waals surface area contributed by atoms with Crippen molar-refractivity contribution >= 4 is 21.8 Å². The van der Waals surface area contributed by atoms with E-state index in [-0.39, 0.29) is 25.7 Å². The highest BCUT2D eigenvalue weighted by molar-refractivity contribution is 9.10. The molecule has 0 saturated carbocycles. The third-order valence-electron chi connectivity index (χ3n) is 3.06. The molecule has 2 aromatic carbocycles. The zero-order valence-corrected chi connectivity index (χ0v) is 14.9. The number of halogens is 1. The molecular weight excluding hydrogens is 370 g/mol. The Balaban J connectivity index is 1.63. The molecular formula is C19H18BrNO3. The fourth-order valence-corrected chi connectivity index (χ4v) is 2.22. The largest absolute Gasteiger partial charge is 0.484 e. The van der Waals surface area contributed by atoms with Crippen molar-refractivity contribution in [3.05, 3.63) is 58.6 Å². The van der Waals surface area contributed by atoms with Gasteiger partial charge in [-0.05, 0) is 36.8 Å². The Morgan fingerprint density at radius 3 is 2.75 bits per heavy atom. The highest BCUT2D eigenvalue weighted by atomic mass is 79.9. The van der Waals surface area contributed by atoms with E-state index in [4.69, 9.17) is 9.47 Å². The monoisotopic (exact) mass is 387 g/mol. The van der Waals surface area contributed by atoms with Crippen LogP contribution in [0.25, 0.3) is 0 Å². The van der Waals surface area contributed by atoms with Gasteiger partial charge in [0, 0.05) is 4.47 Å². The second-order valence-corrected chi connectivity index (χ2v) is 5.85. The lowest BCUT2D eigenvalue weighted by atomic mass is 10.2. The molecule has 0 heterocycles. The first kappa shape index (κ1) is 17.9. The van der Waals surface area contributed by atoms with Gasteiger partial charge >= 0.3 is 0 Å². The molecule has 0 saturated heterocycles. The van der Waals surface area contributed by atoms with Crippen molar-refractivity contribution in [3.63, 3.8) is 0 Å². The van der Waals surface area contributed by atoms with Gasteiger partial charge in [0.1, 0.15) is 18.1 Å². The summed E-state index contributed by atoms with van der Waals surface area (Å²) < 4.78 is 11.9. The van der Waals surface area contributed by atoms with Crippen molar-refractivity contribution in [2.45, 2.75) is 6.92 Å². The van der Waals surface area contributed by atoms with Gasteiger partial charge in [-0.3, -0.25) is 4.79 Å². The van der Waals surface area contributed by atoms with Gasteiger partial charge < -0.3 is 14.8 Å². The molecule has 0 fully saturated rings. The number of hydrogen-bond acceptors (Lipinski definition) is 3. The van der Waals surface area contributed by atoms with E-state index in [2.05, 4.69) is 33.1 Å². The van der Waals surface area contributed by atoms with E-state index in [1.807, 2.05) is 55.5 Å². The van der Waals surface area contributed by atoms with Crippen molar-refractivity contribution in [2.75, 3.05) is 19.8 Å². The van der Waals surface area contributed by atoms with Crippen molar-refractivity contribution < 1.29 is 14.3 Å². The summed E-state index contributed by atoms with van der Waals surface area (Å²) in [4.78, 5) is 11.7. The molecule has 0 spiro atoms. The van der Waals surface area contributed by atoms with E-state index in [1.165, 1.54) is 0 Å². The number of carbonyl (C=O) groups is 1. The fourth-order valence-electron chi connectivity index (χ4n) is 1.85. The van der Waals surface area contributed by atoms with Crippen LogP contribution in [0.5, 0.6) is 11.5 Å². The fraction of sp³-hybridized carbons (Fsp3) is 0.211.